The van der Waals surface area contributed by atoms with Crippen molar-refractivity contribution in [1.82, 2.24) is 9.62 Å². The van der Waals surface area contributed by atoms with Crippen LogP contribution in [-0.4, -0.2) is 52.2 Å². The summed E-state index contributed by atoms with van der Waals surface area (Å²) in [6, 6.07) is 11.0. The molecule has 0 unspecified atom stereocenters. The van der Waals surface area contributed by atoms with Crippen LogP contribution < -0.4 is 15.4 Å². The lowest BCUT2D eigenvalue weighted by Crippen LogP contribution is -2.40. The lowest BCUT2D eigenvalue weighted by molar-refractivity contribution is 0.0730. The molecule has 0 aromatic heterocycles. The number of hydrogen-bond donors (Lipinski definition) is 2. The van der Waals surface area contributed by atoms with E-state index in [2.05, 4.69) is 10.6 Å². The Labute approximate surface area is 174 Å². The molecule has 1 aliphatic heterocycles. The number of urea groups is 1. The maximum absolute atomic E-state index is 12.8. The van der Waals surface area contributed by atoms with Gasteiger partial charge in [-0.1, -0.05) is 29.8 Å². The zero-order valence-electron chi connectivity index (χ0n) is 15.9. The largest absolute Gasteiger partial charge is 0.496 e. The van der Waals surface area contributed by atoms with Gasteiger partial charge in [-0.25, -0.2) is 13.2 Å². The van der Waals surface area contributed by atoms with Crippen molar-refractivity contribution >= 4 is 33.3 Å². The first kappa shape index (κ1) is 21.4. The summed E-state index contributed by atoms with van der Waals surface area (Å²) >= 11 is 6.15. The van der Waals surface area contributed by atoms with Crippen LogP contribution in [0.15, 0.2) is 47.4 Å². The Morgan fingerprint density at radius 1 is 1.21 bits per heavy atom. The molecule has 0 radical (unpaired) electrons. The van der Waals surface area contributed by atoms with Crippen LogP contribution in [-0.2, 0) is 21.3 Å². The maximum Gasteiger partial charge on any atom is 0.319 e. The van der Waals surface area contributed by atoms with E-state index < -0.39 is 16.1 Å². The maximum atomic E-state index is 12.8. The van der Waals surface area contributed by atoms with Crippen molar-refractivity contribution in [2.24, 2.45) is 0 Å². The topological polar surface area (TPSA) is 97.0 Å². The minimum Gasteiger partial charge on any atom is -0.496 e. The zero-order valence-corrected chi connectivity index (χ0v) is 17.4. The number of sulfonamides is 1. The van der Waals surface area contributed by atoms with Gasteiger partial charge in [-0.15, -0.1) is 0 Å². The summed E-state index contributed by atoms with van der Waals surface area (Å²) in [5, 5.41) is 5.54. The molecule has 0 saturated carbocycles. The number of morpholine rings is 1. The molecule has 156 valence electrons. The fourth-order valence-corrected chi connectivity index (χ4v) is 4.49. The number of ether oxygens (including phenoxy) is 2. The van der Waals surface area contributed by atoms with Crippen molar-refractivity contribution in [3.8, 4) is 5.75 Å². The summed E-state index contributed by atoms with van der Waals surface area (Å²) in [6.07, 6.45) is 0. The summed E-state index contributed by atoms with van der Waals surface area (Å²) in [7, 11) is -2.14. The van der Waals surface area contributed by atoms with Crippen LogP contribution in [0.2, 0.25) is 5.02 Å². The number of nitrogens with one attached hydrogen (secondary N) is 2. The first-order chi connectivity index (χ1) is 13.9. The number of carbonyl (C=O) groups is 1. The minimum atomic E-state index is -3.69. The van der Waals surface area contributed by atoms with Crippen LogP contribution in [0.5, 0.6) is 5.75 Å². The second-order valence-electron chi connectivity index (χ2n) is 6.28. The normalized spacial score (nSPS) is 15.0. The Morgan fingerprint density at radius 3 is 2.66 bits per heavy atom. The van der Waals surface area contributed by atoms with Gasteiger partial charge < -0.3 is 20.1 Å². The number of benzene rings is 2. The Kier molecular flexibility index (Phi) is 6.96. The number of nitrogens with zero attached hydrogens (tertiary/aromatic N) is 1. The van der Waals surface area contributed by atoms with Gasteiger partial charge in [0, 0.05) is 25.2 Å². The quantitative estimate of drug-likeness (QED) is 0.721. The van der Waals surface area contributed by atoms with Gasteiger partial charge in [0.15, 0.2) is 0 Å². The van der Waals surface area contributed by atoms with Crippen LogP contribution in [0.1, 0.15) is 5.56 Å². The van der Waals surface area contributed by atoms with Crippen LogP contribution in [0, 0.1) is 0 Å². The summed E-state index contributed by atoms with van der Waals surface area (Å²) in [4.78, 5) is 12.4. The van der Waals surface area contributed by atoms with E-state index in [-0.39, 0.29) is 35.2 Å². The standard InChI is InChI=1S/C19H22ClN3O5S/c1-27-18-5-3-2-4-14(18)13-21-19(24)22-17-12-15(6-7-16(17)20)29(25,26)23-8-10-28-11-9-23/h2-7,12H,8-11,13H2,1H3,(H2,21,22,24). The van der Waals surface area contributed by atoms with Crippen LogP contribution in [0.3, 0.4) is 0 Å². The molecule has 0 bridgehead atoms. The number of amides is 2. The number of hydrogen-bond acceptors (Lipinski definition) is 5. The molecule has 8 nitrogen and oxygen atoms in total. The van der Waals surface area contributed by atoms with E-state index >= 15 is 0 Å². The molecule has 29 heavy (non-hydrogen) atoms. The van der Waals surface area contributed by atoms with Crippen LogP contribution >= 0.6 is 11.6 Å². The van der Waals surface area contributed by atoms with E-state index in [4.69, 9.17) is 21.1 Å². The van der Waals surface area contributed by atoms with E-state index in [1.807, 2.05) is 18.2 Å². The summed E-state index contributed by atoms with van der Waals surface area (Å²) < 4.78 is 37.4. The molecule has 2 N–H and O–H groups in total. The minimum absolute atomic E-state index is 0.0591. The SMILES string of the molecule is COc1ccccc1CNC(=O)Nc1cc(S(=O)(=O)N2CCOCC2)ccc1Cl. The van der Waals surface area contributed by atoms with Crippen molar-refractivity contribution < 1.29 is 22.7 Å². The first-order valence-corrected chi connectivity index (χ1v) is 10.8. The van der Waals surface area contributed by atoms with E-state index in [1.165, 1.54) is 22.5 Å². The smallest absolute Gasteiger partial charge is 0.319 e. The number of para-hydroxylation sites is 1. The number of rotatable bonds is 6. The molecule has 3 rings (SSSR count). The zero-order chi connectivity index (χ0) is 20.9. The van der Waals surface area contributed by atoms with E-state index in [0.717, 1.165) is 5.56 Å². The Hall–Kier alpha value is -2.33. The lowest BCUT2D eigenvalue weighted by atomic mass is 10.2. The molecule has 1 aliphatic rings. The molecule has 1 fully saturated rings. The third kappa shape index (κ3) is 5.18. The van der Waals surface area contributed by atoms with Crippen molar-refractivity contribution in [3.05, 3.63) is 53.1 Å². The van der Waals surface area contributed by atoms with Gasteiger partial charge in [0.25, 0.3) is 0 Å². The van der Waals surface area contributed by atoms with Gasteiger partial charge in [-0.2, -0.15) is 4.31 Å². The molecule has 1 saturated heterocycles. The predicted octanol–water partition coefficient (Wildman–Crippen LogP) is 2.69. The molecule has 0 aliphatic carbocycles. The predicted molar refractivity (Wildman–Crippen MR) is 110 cm³/mol. The fraction of sp³-hybridized carbons (Fsp3) is 0.316. The number of methoxy groups -OCH3 is 1. The highest BCUT2D eigenvalue weighted by atomic mass is 35.5. The lowest BCUT2D eigenvalue weighted by Gasteiger charge is -2.26. The molecule has 1 heterocycles. The molecule has 0 atom stereocenters. The monoisotopic (exact) mass is 439 g/mol. The molecule has 2 aromatic carbocycles. The molecular formula is C19H22ClN3O5S. The Balaban J connectivity index is 1.70. The number of carbonyl (C=O) groups excluding carboxylic acids is 1. The summed E-state index contributed by atoms with van der Waals surface area (Å²) in [5.41, 5.74) is 1.01. The van der Waals surface area contributed by atoms with Crippen molar-refractivity contribution in [2.45, 2.75) is 11.4 Å². The average Bonchev–Trinajstić information content (AvgIpc) is 2.74. The third-order valence-electron chi connectivity index (χ3n) is 4.43. The van der Waals surface area contributed by atoms with Crippen LogP contribution in [0.4, 0.5) is 10.5 Å². The van der Waals surface area contributed by atoms with E-state index in [9.17, 15) is 13.2 Å². The first-order valence-electron chi connectivity index (χ1n) is 8.96. The number of halogens is 1. The van der Waals surface area contributed by atoms with Gasteiger partial charge in [-0.05, 0) is 24.3 Å². The molecule has 10 heteroatoms. The second-order valence-corrected chi connectivity index (χ2v) is 8.62. The Morgan fingerprint density at radius 2 is 1.93 bits per heavy atom. The molecule has 2 amide bonds. The third-order valence-corrected chi connectivity index (χ3v) is 6.65. The van der Waals surface area contributed by atoms with Gasteiger partial charge in [0.1, 0.15) is 5.75 Å². The van der Waals surface area contributed by atoms with Crippen LogP contribution in [0.25, 0.3) is 0 Å². The average molecular weight is 440 g/mol. The van der Waals surface area contributed by atoms with Gasteiger partial charge in [0.2, 0.25) is 10.0 Å². The fourth-order valence-electron chi connectivity index (χ4n) is 2.89. The highest BCUT2D eigenvalue weighted by Crippen LogP contribution is 2.27. The van der Waals surface area contributed by atoms with Gasteiger partial charge >= 0.3 is 6.03 Å². The van der Waals surface area contributed by atoms with Gasteiger partial charge in [0.05, 0.1) is 35.9 Å². The Bertz CT molecular complexity index is 978. The van der Waals surface area contributed by atoms with Gasteiger partial charge in [-0.3, -0.25) is 0 Å². The molecule has 2 aromatic rings. The molecule has 0 spiro atoms. The van der Waals surface area contributed by atoms with E-state index in [1.54, 1.807) is 13.2 Å². The summed E-state index contributed by atoms with van der Waals surface area (Å²) in [5.74, 6) is 0.657. The van der Waals surface area contributed by atoms with Crippen molar-refractivity contribution in [3.63, 3.8) is 0 Å². The second kappa shape index (κ2) is 9.45. The summed E-state index contributed by atoms with van der Waals surface area (Å²) in [6.45, 7) is 1.51. The highest BCUT2D eigenvalue weighted by Gasteiger charge is 2.27. The van der Waals surface area contributed by atoms with E-state index in [0.29, 0.717) is 19.0 Å². The van der Waals surface area contributed by atoms with Crippen molar-refractivity contribution in [1.29, 1.82) is 0 Å². The number of anilines is 1. The highest BCUT2D eigenvalue weighted by molar-refractivity contribution is 7.89. The van der Waals surface area contributed by atoms with Crippen molar-refractivity contribution in [2.75, 3.05) is 38.7 Å². The molecular weight excluding hydrogens is 418 g/mol.